The van der Waals surface area contributed by atoms with Crippen LogP contribution in [0.5, 0.6) is 0 Å². The molecule has 1 aliphatic heterocycles. The molecular weight excluding hydrogens is 494 g/mol. The van der Waals surface area contributed by atoms with Crippen LogP contribution in [-0.2, 0) is 24.3 Å². The number of rotatable bonds is 7. The smallest absolute Gasteiger partial charge is 0.342 e. The molecule has 0 spiro atoms. The molecule has 0 saturated carbocycles. The van der Waals surface area contributed by atoms with Crippen molar-refractivity contribution in [2.45, 2.75) is 11.0 Å². The fourth-order valence-electron chi connectivity index (χ4n) is 3.49. The molecule has 11 heteroatoms. The quantitative estimate of drug-likeness (QED) is 0.379. The van der Waals surface area contributed by atoms with E-state index >= 15 is 0 Å². The maximum atomic E-state index is 13.2. The first kappa shape index (κ1) is 24.8. The largest absolute Gasteiger partial charge is 0.444 e. The number of halogens is 1. The molecule has 1 aromatic heterocycles. The van der Waals surface area contributed by atoms with Gasteiger partial charge in [-0.25, -0.2) is 18.2 Å². The number of nitrogens with one attached hydrogen (secondary N) is 1. The Morgan fingerprint density at radius 3 is 2.49 bits per heavy atom. The number of carbonyl (C=O) groups excluding carboxylic acids is 2. The Balaban J connectivity index is 1.57. The van der Waals surface area contributed by atoms with Gasteiger partial charge in [-0.3, -0.25) is 4.79 Å². The van der Waals surface area contributed by atoms with Crippen molar-refractivity contribution in [3.8, 4) is 0 Å². The number of morpholine rings is 1. The van der Waals surface area contributed by atoms with E-state index < -0.39 is 28.0 Å². The van der Waals surface area contributed by atoms with Crippen molar-refractivity contribution in [3.05, 3.63) is 89.2 Å². The Morgan fingerprint density at radius 2 is 1.77 bits per heavy atom. The highest BCUT2D eigenvalue weighted by Gasteiger charge is 2.29. The number of amides is 1. The fraction of sp³-hybridized carbons (Fsp3) is 0.208. The average Bonchev–Trinajstić information content (AvgIpc) is 2.88. The summed E-state index contributed by atoms with van der Waals surface area (Å²) in [6.45, 7) is 1.14. The normalized spacial score (nSPS) is 15.2. The number of pyridine rings is 1. The summed E-state index contributed by atoms with van der Waals surface area (Å²) in [4.78, 5) is 29.9. The molecule has 1 fully saturated rings. The lowest BCUT2D eigenvalue weighted by Crippen LogP contribution is -2.40. The molecule has 0 bridgehead atoms. The second kappa shape index (κ2) is 11.0. The predicted molar refractivity (Wildman–Crippen MR) is 128 cm³/mol. The first-order valence-corrected chi connectivity index (χ1v) is 12.5. The average molecular weight is 516 g/mol. The Bertz CT molecular complexity index is 1310. The van der Waals surface area contributed by atoms with Crippen LogP contribution in [0.25, 0.3) is 0 Å². The van der Waals surface area contributed by atoms with Gasteiger partial charge in [-0.05, 0) is 30.3 Å². The number of hydrogen-bond acceptors (Lipinski definition) is 7. The molecule has 35 heavy (non-hydrogen) atoms. The molecule has 1 saturated heterocycles. The summed E-state index contributed by atoms with van der Waals surface area (Å²) < 4.78 is 38.1. The lowest BCUT2D eigenvalue weighted by atomic mass is 10.1. The van der Waals surface area contributed by atoms with Gasteiger partial charge >= 0.3 is 5.97 Å². The second-order valence-electron chi connectivity index (χ2n) is 7.57. The molecule has 1 aliphatic rings. The van der Waals surface area contributed by atoms with Crippen LogP contribution in [0, 0.1) is 0 Å². The molecular formula is C24H22ClN3O6S. The first-order valence-electron chi connectivity index (χ1n) is 10.7. The van der Waals surface area contributed by atoms with Gasteiger partial charge in [-0.15, -0.1) is 0 Å². The Labute approximate surface area is 207 Å². The van der Waals surface area contributed by atoms with Crippen LogP contribution in [0.2, 0.25) is 5.15 Å². The number of nitrogens with zero attached hydrogens (tertiary/aromatic N) is 2. The van der Waals surface area contributed by atoms with E-state index in [1.165, 1.54) is 40.8 Å². The third-order valence-electron chi connectivity index (χ3n) is 5.25. The number of ether oxygens (including phenoxy) is 2. The van der Waals surface area contributed by atoms with Crippen molar-refractivity contribution < 1.29 is 27.5 Å². The van der Waals surface area contributed by atoms with E-state index in [2.05, 4.69) is 10.3 Å². The number of carbonyl (C=O) groups is 2. The van der Waals surface area contributed by atoms with Crippen molar-refractivity contribution in [1.82, 2.24) is 9.29 Å². The van der Waals surface area contributed by atoms with Crippen molar-refractivity contribution in [1.29, 1.82) is 0 Å². The van der Waals surface area contributed by atoms with Gasteiger partial charge < -0.3 is 14.8 Å². The van der Waals surface area contributed by atoms with Crippen LogP contribution in [0.1, 0.15) is 22.0 Å². The van der Waals surface area contributed by atoms with Crippen molar-refractivity contribution in [3.63, 3.8) is 0 Å². The summed E-state index contributed by atoms with van der Waals surface area (Å²) in [5.74, 6) is -1.48. The molecule has 1 amide bonds. The maximum absolute atomic E-state index is 13.2. The van der Waals surface area contributed by atoms with E-state index in [0.29, 0.717) is 18.8 Å². The van der Waals surface area contributed by atoms with Gasteiger partial charge in [-0.1, -0.05) is 48.0 Å². The standard InChI is InChI=1S/C24H22ClN3O6S/c25-22-20(10-5-11-26-22)24(30)34-21(17-6-2-1-3-7-17)23(29)27-18-8-4-9-19(16-18)35(31,32)28-12-14-33-15-13-28/h1-11,16,21H,12-15H2,(H,27,29). The van der Waals surface area contributed by atoms with Crippen molar-refractivity contribution in [2.75, 3.05) is 31.6 Å². The summed E-state index contributed by atoms with van der Waals surface area (Å²) in [7, 11) is -3.76. The summed E-state index contributed by atoms with van der Waals surface area (Å²) >= 11 is 6.00. The summed E-state index contributed by atoms with van der Waals surface area (Å²) in [6.07, 6.45) is 0.109. The van der Waals surface area contributed by atoms with Crippen LogP contribution >= 0.6 is 11.6 Å². The zero-order valence-corrected chi connectivity index (χ0v) is 20.0. The second-order valence-corrected chi connectivity index (χ2v) is 9.87. The van der Waals surface area contributed by atoms with Gasteiger partial charge in [0, 0.05) is 30.5 Å². The number of anilines is 1. The highest BCUT2D eigenvalue weighted by atomic mass is 35.5. The van der Waals surface area contributed by atoms with Crippen LogP contribution < -0.4 is 5.32 Å². The summed E-state index contributed by atoms with van der Waals surface area (Å²) in [6, 6.07) is 17.3. The first-order chi connectivity index (χ1) is 16.9. The zero-order valence-electron chi connectivity index (χ0n) is 18.5. The van der Waals surface area contributed by atoms with Gasteiger partial charge in [0.1, 0.15) is 5.15 Å². The number of aromatic nitrogens is 1. The molecule has 2 aromatic carbocycles. The fourth-order valence-corrected chi connectivity index (χ4v) is 5.14. The zero-order chi connectivity index (χ0) is 24.8. The van der Waals surface area contributed by atoms with Gasteiger partial charge in [0.2, 0.25) is 16.1 Å². The van der Waals surface area contributed by atoms with E-state index in [0.717, 1.165) is 0 Å². The Hall–Kier alpha value is -3.31. The summed E-state index contributed by atoms with van der Waals surface area (Å²) in [5.41, 5.74) is 0.678. The SMILES string of the molecule is O=C(OC(C(=O)Nc1cccc(S(=O)(=O)N2CCOCC2)c1)c1ccccc1)c1cccnc1Cl. The van der Waals surface area contributed by atoms with E-state index in [1.54, 1.807) is 36.4 Å². The third kappa shape index (κ3) is 5.85. The van der Waals surface area contributed by atoms with Gasteiger partial charge in [0.25, 0.3) is 5.91 Å². The van der Waals surface area contributed by atoms with Crippen LogP contribution in [0.15, 0.2) is 77.8 Å². The highest BCUT2D eigenvalue weighted by molar-refractivity contribution is 7.89. The monoisotopic (exact) mass is 515 g/mol. The minimum atomic E-state index is -3.76. The Kier molecular flexibility index (Phi) is 7.76. The van der Waals surface area contributed by atoms with Crippen LogP contribution in [0.3, 0.4) is 0 Å². The van der Waals surface area contributed by atoms with E-state index in [9.17, 15) is 18.0 Å². The van der Waals surface area contributed by atoms with Gasteiger partial charge in [0.15, 0.2) is 0 Å². The van der Waals surface area contributed by atoms with Crippen molar-refractivity contribution >= 4 is 39.2 Å². The molecule has 0 aliphatic carbocycles. The lowest BCUT2D eigenvalue weighted by molar-refractivity contribution is -0.125. The lowest BCUT2D eigenvalue weighted by Gasteiger charge is -2.26. The molecule has 2 heterocycles. The highest BCUT2D eigenvalue weighted by Crippen LogP contribution is 2.25. The molecule has 0 radical (unpaired) electrons. The number of esters is 1. The van der Waals surface area contributed by atoms with Crippen molar-refractivity contribution in [2.24, 2.45) is 0 Å². The molecule has 1 unspecified atom stereocenters. The predicted octanol–water partition coefficient (Wildman–Crippen LogP) is 3.29. The van der Waals surface area contributed by atoms with Crippen LogP contribution in [-0.4, -0.2) is 55.9 Å². The van der Waals surface area contributed by atoms with Crippen LogP contribution in [0.4, 0.5) is 5.69 Å². The molecule has 1 atom stereocenters. The molecule has 1 N–H and O–H groups in total. The number of benzene rings is 2. The van der Waals surface area contributed by atoms with E-state index in [4.69, 9.17) is 21.1 Å². The Morgan fingerprint density at radius 1 is 1.03 bits per heavy atom. The third-order valence-corrected chi connectivity index (χ3v) is 7.45. The van der Waals surface area contributed by atoms with E-state index in [-0.39, 0.29) is 34.4 Å². The molecule has 9 nitrogen and oxygen atoms in total. The number of hydrogen-bond donors (Lipinski definition) is 1. The minimum Gasteiger partial charge on any atom is -0.444 e. The molecule has 4 rings (SSSR count). The van der Waals surface area contributed by atoms with Gasteiger partial charge in [-0.2, -0.15) is 4.31 Å². The topological polar surface area (TPSA) is 115 Å². The van der Waals surface area contributed by atoms with E-state index in [1.807, 2.05) is 0 Å². The van der Waals surface area contributed by atoms with Gasteiger partial charge in [0.05, 0.1) is 23.7 Å². The number of sulfonamides is 1. The summed E-state index contributed by atoms with van der Waals surface area (Å²) in [5, 5.41) is 2.60. The minimum absolute atomic E-state index is 0.0153. The molecule has 182 valence electrons. The molecule has 3 aromatic rings. The maximum Gasteiger partial charge on any atom is 0.342 e.